The molecule has 0 atom stereocenters. The van der Waals surface area contributed by atoms with Gasteiger partial charge in [-0.3, -0.25) is 14.6 Å². The molecular formula is C13H15N3O4. The molecule has 1 rings (SSSR count). The van der Waals surface area contributed by atoms with Crippen LogP contribution in [0.25, 0.3) is 6.08 Å². The van der Waals surface area contributed by atoms with Crippen LogP contribution in [0.2, 0.25) is 0 Å². The summed E-state index contributed by atoms with van der Waals surface area (Å²) < 4.78 is 0. The predicted molar refractivity (Wildman–Crippen MR) is 71.7 cm³/mol. The van der Waals surface area contributed by atoms with Gasteiger partial charge < -0.3 is 15.7 Å². The molecule has 3 N–H and O–H groups in total. The average molecular weight is 277 g/mol. The molecule has 0 radical (unpaired) electrons. The zero-order valence-corrected chi connectivity index (χ0v) is 10.9. The Morgan fingerprint density at radius 2 is 2.10 bits per heavy atom. The third-order valence-electron chi connectivity index (χ3n) is 2.44. The van der Waals surface area contributed by atoms with E-state index in [0.717, 1.165) is 6.08 Å². The molecule has 1 aromatic rings. The second-order valence-electron chi connectivity index (χ2n) is 3.96. The van der Waals surface area contributed by atoms with E-state index < -0.39 is 11.9 Å². The molecule has 0 fully saturated rings. The Labute approximate surface area is 115 Å². The fourth-order valence-corrected chi connectivity index (χ4v) is 1.53. The molecular weight excluding hydrogens is 262 g/mol. The Morgan fingerprint density at radius 1 is 1.40 bits per heavy atom. The summed E-state index contributed by atoms with van der Waals surface area (Å²) in [5.74, 6) is -2.08. The van der Waals surface area contributed by atoms with Gasteiger partial charge in [0.15, 0.2) is 0 Å². The summed E-state index contributed by atoms with van der Waals surface area (Å²) in [7, 11) is 0. The van der Waals surface area contributed by atoms with Crippen LogP contribution in [0.5, 0.6) is 0 Å². The van der Waals surface area contributed by atoms with E-state index in [4.69, 9.17) is 10.8 Å². The van der Waals surface area contributed by atoms with Gasteiger partial charge in [0.05, 0.1) is 12.1 Å². The van der Waals surface area contributed by atoms with E-state index in [9.17, 15) is 14.4 Å². The van der Waals surface area contributed by atoms with E-state index in [1.54, 1.807) is 6.92 Å². The molecule has 0 saturated heterocycles. The third-order valence-corrected chi connectivity index (χ3v) is 2.44. The lowest BCUT2D eigenvalue weighted by Crippen LogP contribution is -2.38. The Morgan fingerprint density at radius 3 is 2.65 bits per heavy atom. The first-order valence-electron chi connectivity index (χ1n) is 5.87. The van der Waals surface area contributed by atoms with Crippen molar-refractivity contribution < 1.29 is 19.5 Å². The predicted octanol–water partition coefficient (Wildman–Crippen LogP) is 0.127. The van der Waals surface area contributed by atoms with Gasteiger partial charge >= 0.3 is 5.97 Å². The van der Waals surface area contributed by atoms with Crippen molar-refractivity contribution in [3.8, 4) is 0 Å². The van der Waals surface area contributed by atoms with Crippen LogP contribution in [-0.2, 0) is 9.59 Å². The Hall–Kier alpha value is -2.70. The van der Waals surface area contributed by atoms with Crippen LogP contribution in [-0.4, -0.2) is 45.9 Å². The van der Waals surface area contributed by atoms with Gasteiger partial charge in [0.25, 0.3) is 5.91 Å². The van der Waals surface area contributed by atoms with E-state index in [1.165, 1.54) is 29.4 Å². The molecule has 0 unspecified atom stereocenters. The molecule has 0 saturated carbocycles. The van der Waals surface area contributed by atoms with Crippen molar-refractivity contribution in [3.05, 3.63) is 35.7 Å². The standard InChI is InChI=1S/C13H15N3O4/c1-2-16(8-11(14)17)13(20)10-5-9(6-15-7-10)3-4-12(18)19/h3-7H,2,8H2,1H3,(H2,14,17)(H,18,19)/b4-3+. The second-order valence-corrected chi connectivity index (χ2v) is 3.96. The summed E-state index contributed by atoms with van der Waals surface area (Å²) in [4.78, 5) is 38.6. The highest BCUT2D eigenvalue weighted by Crippen LogP contribution is 2.08. The largest absolute Gasteiger partial charge is 0.478 e. The molecule has 20 heavy (non-hydrogen) atoms. The number of carbonyl (C=O) groups excluding carboxylic acids is 2. The molecule has 0 aliphatic rings. The highest BCUT2D eigenvalue weighted by molar-refractivity contribution is 5.96. The van der Waals surface area contributed by atoms with Gasteiger partial charge in [-0.2, -0.15) is 0 Å². The maximum Gasteiger partial charge on any atom is 0.328 e. The summed E-state index contributed by atoms with van der Waals surface area (Å²) >= 11 is 0. The first-order chi connectivity index (χ1) is 9.43. The lowest BCUT2D eigenvalue weighted by molar-refractivity contribution is -0.131. The van der Waals surface area contributed by atoms with Gasteiger partial charge in [-0.15, -0.1) is 0 Å². The molecule has 0 aliphatic carbocycles. The minimum atomic E-state index is -1.09. The number of amides is 2. The van der Waals surface area contributed by atoms with Gasteiger partial charge in [0.1, 0.15) is 0 Å². The van der Waals surface area contributed by atoms with E-state index in [2.05, 4.69) is 4.98 Å². The molecule has 0 aliphatic heterocycles. The summed E-state index contributed by atoms with van der Waals surface area (Å²) in [6.45, 7) is 1.88. The van der Waals surface area contributed by atoms with Crippen LogP contribution in [0.4, 0.5) is 0 Å². The smallest absolute Gasteiger partial charge is 0.328 e. The number of hydrogen-bond acceptors (Lipinski definition) is 4. The maximum absolute atomic E-state index is 12.1. The molecule has 0 spiro atoms. The van der Waals surface area contributed by atoms with Gasteiger partial charge in [-0.25, -0.2) is 4.79 Å². The lowest BCUT2D eigenvalue weighted by Gasteiger charge is -2.18. The van der Waals surface area contributed by atoms with Crippen molar-refractivity contribution >= 4 is 23.9 Å². The van der Waals surface area contributed by atoms with E-state index in [0.29, 0.717) is 12.1 Å². The average Bonchev–Trinajstić information content (AvgIpc) is 2.42. The lowest BCUT2D eigenvalue weighted by atomic mass is 10.1. The second kappa shape index (κ2) is 7.03. The molecule has 106 valence electrons. The molecule has 7 heteroatoms. The van der Waals surface area contributed by atoms with Crippen molar-refractivity contribution in [3.63, 3.8) is 0 Å². The van der Waals surface area contributed by atoms with Gasteiger partial charge in [0, 0.05) is 25.0 Å². The number of carboxylic acids is 1. The monoisotopic (exact) mass is 277 g/mol. The number of aromatic nitrogens is 1. The first kappa shape index (κ1) is 15.4. The fraction of sp³-hybridized carbons (Fsp3) is 0.231. The minimum Gasteiger partial charge on any atom is -0.478 e. The summed E-state index contributed by atoms with van der Waals surface area (Å²) in [5.41, 5.74) is 5.82. The highest BCUT2D eigenvalue weighted by Gasteiger charge is 2.16. The van der Waals surface area contributed by atoms with Crippen molar-refractivity contribution in [1.29, 1.82) is 0 Å². The number of nitrogens with zero attached hydrogens (tertiary/aromatic N) is 2. The number of likely N-dealkylation sites (N-methyl/N-ethyl adjacent to an activating group) is 1. The zero-order chi connectivity index (χ0) is 15.1. The van der Waals surface area contributed by atoms with Crippen molar-refractivity contribution in [2.24, 2.45) is 5.73 Å². The van der Waals surface area contributed by atoms with E-state index in [1.807, 2.05) is 0 Å². The first-order valence-corrected chi connectivity index (χ1v) is 5.87. The van der Waals surface area contributed by atoms with Crippen LogP contribution < -0.4 is 5.73 Å². The van der Waals surface area contributed by atoms with Crippen molar-refractivity contribution in [1.82, 2.24) is 9.88 Å². The fourth-order valence-electron chi connectivity index (χ4n) is 1.53. The Kier molecular flexibility index (Phi) is 5.40. The normalized spacial score (nSPS) is 10.4. The molecule has 1 aromatic heterocycles. The number of pyridine rings is 1. The Bertz CT molecular complexity index is 554. The van der Waals surface area contributed by atoms with Crippen LogP contribution in [0.15, 0.2) is 24.5 Å². The highest BCUT2D eigenvalue weighted by atomic mass is 16.4. The summed E-state index contributed by atoms with van der Waals surface area (Å²) in [5, 5.41) is 8.54. The zero-order valence-electron chi connectivity index (χ0n) is 10.9. The minimum absolute atomic E-state index is 0.176. The number of carbonyl (C=O) groups is 3. The van der Waals surface area contributed by atoms with Crippen molar-refractivity contribution in [2.75, 3.05) is 13.1 Å². The maximum atomic E-state index is 12.1. The van der Waals surface area contributed by atoms with Crippen molar-refractivity contribution in [2.45, 2.75) is 6.92 Å². The molecule has 1 heterocycles. The SMILES string of the molecule is CCN(CC(N)=O)C(=O)c1cncc(/C=C/C(=O)O)c1. The summed E-state index contributed by atoms with van der Waals surface area (Å²) in [6, 6.07) is 1.50. The van der Waals surface area contributed by atoms with Gasteiger partial charge in [0.2, 0.25) is 5.91 Å². The van der Waals surface area contributed by atoms with Crippen LogP contribution in [0.3, 0.4) is 0 Å². The van der Waals surface area contributed by atoms with Gasteiger partial charge in [-0.05, 0) is 24.6 Å². The summed E-state index contributed by atoms with van der Waals surface area (Å²) in [6.07, 6.45) is 5.06. The molecule has 7 nitrogen and oxygen atoms in total. The van der Waals surface area contributed by atoms with E-state index >= 15 is 0 Å². The molecule has 2 amide bonds. The van der Waals surface area contributed by atoms with Crippen LogP contribution >= 0.6 is 0 Å². The Balaban J connectivity index is 2.95. The number of rotatable bonds is 6. The number of primary amides is 1. The topological polar surface area (TPSA) is 114 Å². The number of nitrogens with two attached hydrogens (primary N) is 1. The quantitative estimate of drug-likeness (QED) is 0.717. The molecule has 0 aromatic carbocycles. The van der Waals surface area contributed by atoms with Crippen LogP contribution in [0.1, 0.15) is 22.8 Å². The number of hydrogen-bond donors (Lipinski definition) is 2. The van der Waals surface area contributed by atoms with Gasteiger partial charge in [-0.1, -0.05) is 0 Å². The van der Waals surface area contributed by atoms with Crippen LogP contribution in [0, 0.1) is 0 Å². The third kappa shape index (κ3) is 4.52. The number of carboxylic acid groups (broad SMARTS) is 1. The molecule has 0 bridgehead atoms. The van der Waals surface area contributed by atoms with E-state index in [-0.39, 0.29) is 18.0 Å². The number of aliphatic carboxylic acids is 1.